The minimum atomic E-state index is -0.0131. The van der Waals surface area contributed by atoms with Crippen LogP contribution in [0.15, 0.2) is 170 Å². The molecule has 64 heavy (non-hydrogen) atoms. The first-order valence-corrected chi connectivity index (χ1v) is 23.2. The van der Waals surface area contributed by atoms with E-state index >= 15 is 0 Å². The number of benzene rings is 8. The molecule has 2 aliphatic heterocycles. The normalized spacial score (nSPS) is 15.4. The topological polar surface area (TPSA) is 6.48 Å². The van der Waals surface area contributed by atoms with Crippen molar-refractivity contribution in [3.8, 4) is 33.4 Å². The van der Waals surface area contributed by atoms with Gasteiger partial charge < -0.3 is 9.80 Å². The molecular formula is C61H57BN2. The molecular weight excluding hydrogens is 771 g/mol. The molecule has 11 rings (SSSR count). The molecule has 0 spiro atoms. The van der Waals surface area contributed by atoms with Crippen LogP contribution in [0, 0.1) is 13.8 Å². The van der Waals surface area contributed by atoms with Crippen LogP contribution in [0.25, 0.3) is 33.4 Å². The molecule has 0 fully saturated rings. The Morgan fingerprint density at radius 2 is 0.938 bits per heavy atom. The Labute approximate surface area is 381 Å². The first-order valence-electron chi connectivity index (χ1n) is 23.2. The summed E-state index contributed by atoms with van der Waals surface area (Å²) < 4.78 is 0. The van der Waals surface area contributed by atoms with Gasteiger partial charge in [-0.05, 0) is 157 Å². The molecule has 0 saturated heterocycles. The minimum Gasteiger partial charge on any atom is -0.311 e. The Bertz CT molecular complexity index is 3140. The van der Waals surface area contributed by atoms with Gasteiger partial charge >= 0.3 is 0 Å². The van der Waals surface area contributed by atoms with Gasteiger partial charge in [-0.1, -0.05) is 170 Å². The monoisotopic (exact) mass is 828 g/mol. The Morgan fingerprint density at radius 1 is 0.438 bits per heavy atom. The number of hydrogen-bond donors (Lipinski definition) is 0. The van der Waals surface area contributed by atoms with Crippen molar-refractivity contribution < 1.29 is 0 Å². The van der Waals surface area contributed by atoms with Crippen molar-refractivity contribution in [3.05, 3.63) is 198 Å². The standard InChI is InChI=1S/C61H57BN2/c1-39-31-56-58-57(32-39)64(53-30-27-46(59(3,4)5)35-47(53)43-23-17-12-18-24-43)54-29-26-45(42-21-15-11-16-22-42)34-50(54)62(58)51-36-48-49(61(8,9)38-60(48,6)7)37-55(51)63(56)52-28-25-44(33-40(52)2)41-19-13-10-14-20-41/h10-37H,38H2,1-9H3. The average molecular weight is 829 g/mol. The van der Waals surface area contributed by atoms with Gasteiger partial charge in [-0.2, -0.15) is 0 Å². The molecule has 314 valence electrons. The molecule has 1 aliphatic carbocycles. The van der Waals surface area contributed by atoms with E-state index in [0.717, 1.165) is 6.42 Å². The van der Waals surface area contributed by atoms with E-state index in [1.807, 2.05) is 0 Å². The van der Waals surface area contributed by atoms with Crippen molar-refractivity contribution >= 4 is 57.2 Å². The number of anilines is 6. The summed E-state index contributed by atoms with van der Waals surface area (Å²) in [7, 11) is 0. The molecule has 0 unspecified atom stereocenters. The van der Waals surface area contributed by atoms with Crippen LogP contribution in [0.3, 0.4) is 0 Å². The van der Waals surface area contributed by atoms with Crippen molar-refractivity contribution in [1.29, 1.82) is 0 Å². The molecule has 0 atom stereocenters. The second-order valence-electron chi connectivity index (χ2n) is 21.1. The van der Waals surface area contributed by atoms with Crippen LogP contribution in [0.5, 0.6) is 0 Å². The smallest absolute Gasteiger partial charge is 0.252 e. The second kappa shape index (κ2) is 14.5. The zero-order chi connectivity index (χ0) is 44.3. The van der Waals surface area contributed by atoms with Crippen LogP contribution in [-0.2, 0) is 16.2 Å². The van der Waals surface area contributed by atoms with Crippen LogP contribution >= 0.6 is 0 Å². The highest BCUT2D eigenvalue weighted by atomic mass is 15.2. The molecule has 8 aromatic carbocycles. The third kappa shape index (κ3) is 6.38. The molecule has 3 heteroatoms. The first-order chi connectivity index (χ1) is 30.7. The first kappa shape index (κ1) is 40.2. The maximum Gasteiger partial charge on any atom is 0.252 e. The summed E-state index contributed by atoms with van der Waals surface area (Å²) in [5, 5.41) is 0. The molecule has 3 aliphatic rings. The molecule has 2 heterocycles. The van der Waals surface area contributed by atoms with Crippen molar-refractivity contribution in [1.82, 2.24) is 0 Å². The van der Waals surface area contributed by atoms with E-state index in [9.17, 15) is 0 Å². The van der Waals surface area contributed by atoms with Crippen molar-refractivity contribution in [2.75, 3.05) is 9.80 Å². The number of fused-ring (bicyclic) bond motifs is 5. The molecule has 0 amide bonds. The third-order valence-corrected chi connectivity index (χ3v) is 14.5. The Balaban J connectivity index is 1.25. The van der Waals surface area contributed by atoms with E-state index < -0.39 is 0 Å². The zero-order valence-corrected chi connectivity index (χ0v) is 38.8. The fourth-order valence-electron chi connectivity index (χ4n) is 11.7. The van der Waals surface area contributed by atoms with Crippen LogP contribution in [0.4, 0.5) is 34.1 Å². The summed E-state index contributed by atoms with van der Waals surface area (Å²) in [4.78, 5) is 5.24. The summed E-state index contributed by atoms with van der Waals surface area (Å²) in [5.74, 6) is 0. The van der Waals surface area contributed by atoms with Gasteiger partial charge in [-0.3, -0.25) is 0 Å². The Kier molecular flexibility index (Phi) is 9.10. The third-order valence-electron chi connectivity index (χ3n) is 14.5. The van der Waals surface area contributed by atoms with Crippen LogP contribution in [0.2, 0.25) is 0 Å². The molecule has 0 aromatic heterocycles. The summed E-state index contributed by atoms with van der Waals surface area (Å²) in [5.41, 5.74) is 25.7. The van der Waals surface area contributed by atoms with Gasteiger partial charge in [0.05, 0.1) is 5.69 Å². The van der Waals surface area contributed by atoms with Gasteiger partial charge in [0.15, 0.2) is 0 Å². The number of rotatable bonds is 5. The maximum absolute atomic E-state index is 2.64. The predicted octanol–water partition coefficient (Wildman–Crippen LogP) is 14.6. The highest BCUT2D eigenvalue weighted by molar-refractivity contribution is 7.00. The molecule has 2 nitrogen and oxygen atoms in total. The minimum absolute atomic E-state index is 0.00879. The fourth-order valence-corrected chi connectivity index (χ4v) is 11.7. The summed E-state index contributed by atoms with van der Waals surface area (Å²) in [6.07, 6.45) is 1.11. The second-order valence-corrected chi connectivity index (χ2v) is 21.1. The predicted molar refractivity (Wildman–Crippen MR) is 276 cm³/mol. The van der Waals surface area contributed by atoms with E-state index in [2.05, 4.69) is 242 Å². The Hall–Kier alpha value is -6.58. The molecule has 0 N–H and O–H groups in total. The zero-order valence-electron chi connectivity index (χ0n) is 38.8. The lowest BCUT2D eigenvalue weighted by molar-refractivity contribution is 0.403. The van der Waals surface area contributed by atoms with Crippen LogP contribution in [-0.4, -0.2) is 6.71 Å². The van der Waals surface area contributed by atoms with Gasteiger partial charge in [0.25, 0.3) is 6.71 Å². The van der Waals surface area contributed by atoms with Gasteiger partial charge in [0.1, 0.15) is 0 Å². The molecule has 8 aromatic rings. The quantitative estimate of drug-likeness (QED) is 0.160. The van der Waals surface area contributed by atoms with Gasteiger partial charge in [0.2, 0.25) is 0 Å². The summed E-state index contributed by atoms with van der Waals surface area (Å²) in [6, 6.07) is 64.5. The molecule has 0 radical (unpaired) electrons. The van der Waals surface area contributed by atoms with E-state index in [0.29, 0.717) is 0 Å². The average Bonchev–Trinajstić information content (AvgIpc) is 3.47. The van der Waals surface area contributed by atoms with Crippen molar-refractivity contribution in [3.63, 3.8) is 0 Å². The van der Waals surface area contributed by atoms with Gasteiger partial charge in [0, 0.05) is 34.0 Å². The van der Waals surface area contributed by atoms with E-state index in [1.165, 1.54) is 112 Å². The lowest BCUT2D eigenvalue weighted by Gasteiger charge is -2.45. The lowest BCUT2D eigenvalue weighted by atomic mass is 9.33. The number of nitrogens with zero attached hydrogens (tertiary/aromatic N) is 2. The van der Waals surface area contributed by atoms with Gasteiger partial charge in [-0.25, -0.2) is 0 Å². The summed E-state index contributed by atoms with van der Waals surface area (Å²) in [6.45, 7) is 21.4. The van der Waals surface area contributed by atoms with Crippen LogP contribution in [0.1, 0.15) is 82.7 Å². The van der Waals surface area contributed by atoms with Gasteiger partial charge in [-0.15, -0.1) is 0 Å². The summed E-state index contributed by atoms with van der Waals surface area (Å²) >= 11 is 0. The lowest BCUT2D eigenvalue weighted by Crippen LogP contribution is -2.61. The highest BCUT2D eigenvalue weighted by Crippen LogP contribution is 2.53. The largest absolute Gasteiger partial charge is 0.311 e. The van der Waals surface area contributed by atoms with Crippen molar-refractivity contribution in [2.24, 2.45) is 0 Å². The highest BCUT2D eigenvalue weighted by Gasteiger charge is 2.48. The van der Waals surface area contributed by atoms with E-state index in [1.54, 1.807) is 0 Å². The van der Waals surface area contributed by atoms with E-state index in [4.69, 9.17) is 0 Å². The molecule has 0 saturated carbocycles. The fraction of sp³-hybridized carbons (Fsp3) is 0.213. The van der Waals surface area contributed by atoms with Crippen molar-refractivity contribution in [2.45, 2.75) is 85.0 Å². The maximum atomic E-state index is 2.64. The van der Waals surface area contributed by atoms with Crippen LogP contribution < -0.4 is 26.2 Å². The SMILES string of the molecule is Cc1cc2c3c(c1)N(c1ccc(C(C)(C)C)cc1-c1ccccc1)c1ccc(-c4ccccc4)cc1B3c1cc3c(cc1N2c1ccc(-c2ccccc2)cc1C)C(C)(C)CC3(C)C. The molecule has 0 bridgehead atoms. The number of hydrogen-bond acceptors (Lipinski definition) is 2. The Morgan fingerprint density at radius 3 is 1.52 bits per heavy atom. The van der Waals surface area contributed by atoms with E-state index in [-0.39, 0.29) is 23.0 Å². The number of aryl methyl sites for hydroxylation is 2.